The first-order valence-electron chi connectivity index (χ1n) is 6.89. The maximum Gasteiger partial charge on any atom is 0.153 e. The summed E-state index contributed by atoms with van der Waals surface area (Å²) in [6.45, 7) is 0. The normalized spacial score (nSPS) is 10.9. The highest BCUT2D eigenvalue weighted by Gasteiger charge is 2.20. The third-order valence-corrected chi connectivity index (χ3v) is 4.55. The molecule has 3 aromatic rings. The summed E-state index contributed by atoms with van der Waals surface area (Å²) in [7, 11) is 0. The third-order valence-electron chi connectivity index (χ3n) is 3.43. The molecule has 3 rings (SSSR count). The summed E-state index contributed by atoms with van der Waals surface area (Å²) in [5.41, 5.74) is 2.91. The highest BCUT2D eigenvalue weighted by atomic mass is 79.9. The molecule has 0 aliphatic rings. The van der Waals surface area contributed by atoms with Crippen LogP contribution in [0.15, 0.2) is 63.5 Å². The molecular formula is C18H13BrCl2O. The predicted molar refractivity (Wildman–Crippen MR) is 96.7 cm³/mol. The highest BCUT2D eigenvalue weighted by Crippen LogP contribution is 2.41. The fraction of sp³-hybridized carbons (Fsp3) is 0.111. The van der Waals surface area contributed by atoms with Crippen LogP contribution in [0.25, 0.3) is 22.6 Å². The second kappa shape index (κ2) is 6.91. The van der Waals surface area contributed by atoms with E-state index < -0.39 is 0 Å². The van der Waals surface area contributed by atoms with Crippen molar-refractivity contribution in [1.82, 2.24) is 0 Å². The lowest BCUT2D eigenvalue weighted by Crippen LogP contribution is -1.88. The van der Waals surface area contributed by atoms with Gasteiger partial charge in [0.1, 0.15) is 5.76 Å². The predicted octanol–water partition coefficient (Wildman–Crippen LogP) is 6.81. The Hall–Kier alpha value is -1.22. The van der Waals surface area contributed by atoms with Crippen LogP contribution in [-0.2, 0) is 6.42 Å². The van der Waals surface area contributed by atoms with Gasteiger partial charge >= 0.3 is 0 Å². The Kier molecular flexibility index (Phi) is 4.92. The van der Waals surface area contributed by atoms with Crippen molar-refractivity contribution in [2.45, 2.75) is 6.42 Å². The molecule has 0 saturated heterocycles. The number of benzene rings is 2. The van der Waals surface area contributed by atoms with Crippen LogP contribution in [0, 0.1) is 0 Å². The summed E-state index contributed by atoms with van der Waals surface area (Å²) in [5.74, 6) is 1.98. The molecule has 0 saturated carbocycles. The van der Waals surface area contributed by atoms with Gasteiger partial charge in [-0.2, -0.15) is 0 Å². The van der Waals surface area contributed by atoms with Gasteiger partial charge in [0.05, 0.1) is 5.02 Å². The summed E-state index contributed by atoms with van der Waals surface area (Å²) in [6.07, 6.45) is 0.669. The first kappa shape index (κ1) is 15.7. The lowest BCUT2D eigenvalue weighted by atomic mass is 10.1. The van der Waals surface area contributed by atoms with Gasteiger partial charge in [0.25, 0.3) is 0 Å². The van der Waals surface area contributed by atoms with E-state index in [1.54, 1.807) is 0 Å². The van der Waals surface area contributed by atoms with Gasteiger partial charge in [0, 0.05) is 27.0 Å². The standard InChI is InChI=1S/C18H13BrCl2O/c19-14-8-6-13(7-9-14)17-15(10-11-20)16(21)18(22-17)12-4-2-1-3-5-12/h1-9H,10-11H2. The molecule has 0 atom stereocenters. The molecule has 0 amide bonds. The molecule has 0 unspecified atom stereocenters. The van der Waals surface area contributed by atoms with E-state index in [-0.39, 0.29) is 0 Å². The first-order valence-corrected chi connectivity index (χ1v) is 8.59. The van der Waals surface area contributed by atoms with Crippen molar-refractivity contribution in [3.05, 3.63) is 69.7 Å². The Labute approximate surface area is 148 Å². The number of hydrogen-bond acceptors (Lipinski definition) is 1. The maximum absolute atomic E-state index is 6.56. The Morgan fingerprint density at radius 2 is 1.50 bits per heavy atom. The van der Waals surface area contributed by atoms with Crippen LogP contribution in [0.4, 0.5) is 0 Å². The average molecular weight is 396 g/mol. The van der Waals surface area contributed by atoms with Gasteiger partial charge in [-0.05, 0) is 18.6 Å². The molecule has 22 heavy (non-hydrogen) atoms. The molecule has 0 N–H and O–H groups in total. The van der Waals surface area contributed by atoms with Crippen molar-refractivity contribution < 1.29 is 4.42 Å². The van der Waals surface area contributed by atoms with Gasteiger partial charge in [-0.3, -0.25) is 0 Å². The van der Waals surface area contributed by atoms with Gasteiger partial charge in [0.2, 0.25) is 0 Å². The Bertz CT molecular complexity index is 764. The monoisotopic (exact) mass is 394 g/mol. The summed E-state index contributed by atoms with van der Waals surface area (Å²) in [4.78, 5) is 0. The van der Waals surface area contributed by atoms with E-state index >= 15 is 0 Å². The first-order chi connectivity index (χ1) is 10.7. The maximum atomic E-state index is 6.56. The number of halogens is 3. The molecule has 1 nitrogen and oxygen atoms in total. The molecule has 0 spiro atoms. The van der Waals surface area contributed by atoms with Crippen LogP contribution in [0.3, 0.4) is 0 Å². The van der Waals surface area contributed by atoms with E-state index in [2.05, 4.69) is 15.9 Å². The average Bonchev–Trinajstić information content (AvgIpc) is 2.87. The smallest absolute Gasteiger partial charge is 0.153 e. The quantitative estimate of drug-likeness (QED) is 0.442. The molecule has 0 radical (unpaired) electrons. The van der Waals surface area contributed by atoms with E-state index in [4.69, 9.17) is 27.6 Å². The van der Waals surface area contributed by atoms with Crippen molar-refractivity contribution >= 4 is 39.1 Å². The van der Waals surface area contributed by atoms with Crippen LogP contribution in [0.2, 0.25) is 5.02 Å². The summed E-state index contributed by atoms with van der Waals surface area (Å²) >= 11 is 15.9. The highest BCUT2D eigenvalue weighted by molar-refractivity contribution is 9.10. The van der Waals surface area contributed by atoms with Crippen molar-refractivity contribution in [3.8, 4) is 22.6 Å². The topological polar surface area (TPSA) is 13.1 Å². The van der Waals surface area contributed by atoms with Crippen LogP contribution in [0.1, 0.15) is 5.56 Å². The molecule has 4 heteroatoms. The summed E-state index contributed by atoms with van der Waals surface area (Å²) in [6, 6.07) is 17.9. The van der Waals surface area contributed by atoms with E-state index in [1.165, 1.54) is 0 Å². The van der Waals surface area contributed by atoms with Crippen molar-refractivity contribution in [3.63, 3.8) is 0 Å². The van der Waals surface area contributed by atoms with Crippen molar-refractivity contribution in [2.24, 2.45) is 0 Å². The molecule has 0 aliphatic carbocycles. The van der Waals surface area contributed by atoms with Gasteiger partial charge in [0.15, 0.2) is 5.76 Å². The lowest BCUT2D eigenvalue weighted by molar-refractivity contribution is 0.594. The fourth-order valence-electron chi connectivity index (χ4n) is 2.37. The Balaban J connectivity index is 2.15. The number of alkyl halides is 1. The number of hydrogen-bond donors (Lipinski definition) is 0. The van der Waals surface area contributed by atoms with E-state index in [0.717, 1.165) is 26.9 Å². The second-order valence-corrected chi connectivity index (χ2v) is 6.54. The largest absolute Gasteiger partial charge is 0.454 e. The minimum Gasteiger partial charge on any atom is -0.454 e. The fourth-order valence-corrected chi connectivity index (χ4v) is 3.15. The van der Waals surface area contributed by atoms with Crippen LogP contribution < -0.4 is 0 Å². The van der Waals surface area contributed by atoms with Gasteiger partial charge in [-0.25, -0.2) is 0 Å². The molecular weight excluding hydrogens is 383 g/mol. The van der Waals surface area contributed by atoms with Gasteiger partial charge in [-0.1, -0.05) is 70.0 Å². The van der Waals surface area contributed by atoms with E-state index in [9.17, 15) is 0 Å². The van der Waals surface area contributed by atoms with Gasteiger partial charge < -0.3 is 4.42 Å². The molecule has 0 fully saturated rings. The molecule has 1 heterocycles. The van der Waals surface area contributed by atoms with Crippen molar-refractivity contribution in [2.75, 3.05) is 5.88 Å². The zero-order valence-electron chi connectivity index (χ0n) is 11.7. The lowest BCUT2D eigenvalue weighted by Gasteiger charge is -2.01. The SMILES string of the molecule is ClCCc1c(-c2ccc(Br)cc2)oc(-c2ccccc2)c1Cl. The van der Waals surface area contributed by atoms with Crippen LogP contribution >= 0.6 is 39.1 Å². The minimum atomic E-state index is 0.497. The third kappa shape index (κ3) is 3.10. The molecule has 0 bridgehead atoms. The Morgan fingerprint density at radius 3 is 2.14 bits per heavy atom. The van der Waals surface area contributed by atoms with E-state index in [1.807, 2.05) is 54.6 Å². The minimum absolute atomic E-state index is 0.497. The summed E-state index contributed by atoms with van der Waals surface area (Å²) < 4.78 is 7.13. The van der Waals surface area contributed by atoms with Crippen LogP contribution in [0.5, 0.6) is 0 Å². The number of furan rings is 1. The molecule has 112 valence electrons. The second-order valence-electron chi connectivity index (χ2n) is 4.86. The molecule has 1 aromatic heterocycles. The van der Waals surface area contributed by atoms with Gasteiger partial charge in [-0.15, -0.1) is 11.6 Å². The number of rotatable bonds is 4. The summed E-state index contributed by atoms with van der Waals surface area (Å²) in [5, 5.41) is 0.643. The zero-order valence-corrected chi connectivity index (χ0v) is 14.8. The van der Waals surface area contributed by atoms with Crippen LogP contribution in [-0.4, -0.2) is 5.88 Å². The van der Waals surface area contributed by atoms with Crippen molar-refractivity contribution in [1.29, 1.82) is 0 Å². The molecule has 0 aliphatic heterocycles. The zero-order chi connectivity index (χ0) is 15.5. The molecule has 2 aromatic carbocycles. The Morgan fingerprint density at radius 1 is 0.864 bits per heavy atom. The van der Waals surface area contributed by atoms with E-state index in [0.29, 0.717) is 23.1 Å².